The molecule has 0 atom stereocenters. The molecule has 0 spiro atoms. The molecule has 0 aliphatic carbocycles. The first-order valence-electron chi connectivity index (χ1n) is 21.6. The molecule has 14 aromatic rings. The fourth-order valence-electron chi connectivity index (χ4n) is 10.4. The SMILES string of the molecule is c1ccc(-c2nc(-n3c4ccccc4c4c3ccc3c5ccccc5n(-c5ccccc5)c34)nc(-n3c4ccccc4c4ccc5c(c6ccccc6n5-c5ccccc5)c43)n2)cc1. The summed E-state index contributed by atoms with van der Waals surface area (Å²) < 4.78 is 9.28. The van der Waals surface area contributed by atoms with Crippen molar-refractivity contribution in [2.75, 3.05) is 0 Å². The van der Waals surface area contributed by atoms with Gasteiger partial charge in [0.25, 0.3) is 0 Å². The maximum atomic E-state index is 5.59. The van der Waals surface area contributed by atoms with Crippen molar-refractivity contribution in [2.45, 2.75) is 0 Å². The van der Waals surface area contributed by atoms with Crippen LogP contribution in [0.4, 0.5) is 0 Å². The predicted molar refractivity (Wildman–Crippen MR) is 263 cm³/mol. The Hall–Kier alpha value is -8.81. The second-order valence-corrected chi connectivity index (χ2v) is 16.4. The van der Waals surface area contributed by atoms with Crippen LogP contribution in [0.3, 0.4) is 0 Å². The van der Waals surface area contributed by atoms with Crippen molar-refractivity contribution in [1.82, 2.24) is 33.2 Å². The summed E-state index contributed by atoms with van der Waals surface area (Å²) in [4.78, 5) is 16.4. The lowest BCUT2D eigenvalue weighted by atomic mass is 10.1. The first-order valence-corrected chi connectivity index (χ1v) is 21.6. The number of fused-ring (bicyclic) bond motifs is 14. The molecule has 7 heteroatoms. The molecule has 0 fully saturated rings. The van der Waals surface area contributed by atoms with Crippen LogP contribution < -0.4 is 0 Å². The fourth-order valence-corrected chi connectivity index (χ4v) is 10.4. The third-order valence-electron chi connectivity index (χ3n) is 13.0. The van der Waals surface area contributed by atoms with Crippen molar-refractivity contribution in [3.63, 3.8) is 0 Å². The molecule has 0 bridgehead atoms. The average Bonchev–Trinajstić information content (AvgIpc) is 4.09. The van der Waals surface area contributed by atoms with E-state index in [0.717, 1.165) is 93.4 Å². The fraction of sp³-hybridized carbons (Fsp3) is 0. The molecule has 0 N–H and O–H groups in total. The van der Waals surface area contributed by atoms with E-state index < -0.39 is 0 Å². The van der Waals surface area contributed by atoms with E-state index in [2.05, 4.69) is 212 Å². The Balaban J connectivity index is 1.13. The molecule has 5 aromatic heterocycles. The third kappa shape index (κ3) is 4.83. The molecular formula is C57H35N7. The van der Waals surface area contributed by atoms with Crippen LogP contribution in [-0.2, 0) is 0 Å². The van der Waals surface area contributed by atoms with Crippen LogP contribution >= 0.6 is 0 Å². The topological polar surface area (TPSA) is 58.4 Å². The maximum absolute atomic E-state index is 5.59. The molecule has 0 amide bonds. The van der Waals surface area contributed by atoms with Gasteiger partial charge in [0.05, 0.1) is 44.1 Å². The van der Waals surface area contributed by atoms with Crippen molar-refractivity contribution in [3.05, 3.63) is 212 Å². The highest BCUT2D eigenvalue weighted by Crippen LogP contribution is 2.44. The Kier molecular flexibility index (Phi) is 7.27. The second-order valence-electron chi connectivity index (χ2n) is 16.4. The van der Waals surface area contributed by atoms with Crippen molar-refractivity contribution < 1.29 is 0 Å². The minimum atomic E-state index is 0.543. The summed E-state index contributed by atoms with van der Waals surface area (Å²) in [7, 11) is 0. The summed E-state index contributed by atoms with van der Waals surface area (Å²) in [6, 6.07) is 75.3. The molecule has 0 aliphatic heterocycles. The van der Waals surface area contributed by atoms with E-state index in [4.69, 9.17) is 15.0 Å². The first kappa shape index (κ1) is 34.9. The Bertz CT molecular complexity index is 4180. The molecule has 14 rings (SSSR count). The highest BCUT2D eigenvalue weighted by molar-refractivity contribution is 6.27. The van der Waals surface area contributed by atoms with Gasteiger partial charge in [-0.05, 0) is 60.7 Å². The molecule has 64 heavy (non-hydrogen) atoms. The summed E-state index contributed by atoms with van der Waals surface area (Å²) in [5.74, 6) is 1.68. The number of benzene rings is 9. The standard InChI is InChI=1S/C57H35N7/c1-4-18-36(19-5-1)55-58-56(63-48-31-17-13-27-44(48)52-50(63)35-33-41-39-24-10-14-28-45(39)62(53(41)52)38-22-8-3-9-23-38)60-57(59-55)64-46-29-15-11-25-40(46)42-32-34-49-51(54(42)64)43-26-12-16-30-47(43)61(49)37-20-6-2-7-21-37/h1-35H. The normalized spacial score (nSPS) is 12.1. The molecule has 9 aromatic carbocycles. The lowest BCUT2D eigenvalue weighted by Crippen LogP contribution is -2.10. The van der Waals surface area contributed by atoms with Crippen molar-refractivity contribution in [1.29, 1.82) is 0 Å². The van der Waals surface area contributed by atoms with E-state index in [1.807, 2.05) is 18.2 Å². The number of hydrogen-bond donors (Lipinski definition) is 0. The maximum Gasteiger partial charge on any atom is 0.240 e. The summed E-state index contributed by atoms with van der Waals surface area (Å²) in [5, 5.41) is 9.24. The van der Waals surface area contributed by atoms with Gasteiger partial charge in [-0.15, -0.1) is 0 Å². The van der Waals surface area contributed by atoms with Crippen LogP contribution in [0.15, 0.2) is 212 Å². The van der Waals surface area contributed by atoms with E-state index in [0.29, 0.717) is 17.7 Å². The van der Waals surface area contributed by atoms with Gasteiger partial charge in [0.2, 0.25) is 11.9 Å². The van der Waals surface area contributed by atoms with Gasteiger partial charge in [0.15, 0.2) is 5.82 Å². The van der Waals surface area contributed by atoms with Crippen molar-refractivity contribution in [3.8, 4) is 34.7 Å². The summed E-state index contributed by atoms with van der Waals surface area (Å²) in [5.41, 5.74) is 11.8. The average molecular weight is 818 g/mol. The molecule has 0 saturated carbocycles. The molecule has 0 saturated heterocycles. The Morgan fingerprint density at radius 2 is 0.641 bits per heavy atom. The van der Waals surface area contributed by atoms with E-state index in [1.54, 1.807) is 0 Å². The summed E-state index contributed by atoms with van der Waals surface area (Å²) >= 11 is 0. The monoisotopic (exact) mass is 817 g/mol. The predicted octanol–water partition coefficient (Wildman–Crippen LogP) is 13.9. The number of rotatable bonds is 5. The Morgan fingerprint density at radius 3 is 1.20 bits per heavy atom. The highest BCUT2D eigenvalue weighted by Gasteiger charge is 2.26. The lowest BCUT2D eigenvalue weighted by molar-refractivity contribution is 0.894. The minimum absolute atomic E-state index is 0.543. The minimum Gasteiger partial charge on any atom is -0.309 e. The number of nitrogens with zero attached hydrogens (tertiary/aromatic N) is 7. The van der Waals surface area contributed by atoms with Crippen LogP contribution in [0.2, 0.25) is 0 Å². The van der Waals surface area contributed by atoms with Gasteiger partial charge in [0, 0.05) is 60.0 Å². The van der Waals surface area contributed by atoms with E-state index in [-0.39, 0.29) is 0 Å². The van der Waals surface area contributed by atoms with E-state index >= 15 is 0 Å². The lowest BCUT2D eigenvalue weighted by Gasteiger charge is -2.13. The third-order valence-corrected chi connectivity index (χ3v) is 13.0. The van der Waals surface area contributed by atoms with Crippen LogP contribution in [0.5, 0.6) is 0 Å². The molecule has 0 aliphatic rings. The van der Waals surface area contributed by atoms with Crippen LogP contribution in [-0.4, -0.2) is 33.2 Å². The van der Waals surface area contributed by atoms with Crippen molar-refractivity contribution >= 4 is 87.2 Å². The Morgan fingerprint density at radius 1 is 0.250 bits per heavy atom. The van der Waals surface area contributed by atoms with Crippen LogP contribution in [0.1, 0.15) is 0 Å². The molecule has 5 heterocycles. The summed E-state index contributed by atoms with van der Waals surface area (Å²) in [6.07, 6.45) is 0. The van der Waals surface area contributed by atoms with Gasteiger partial charge in [-0.3, -0.25) is 9.13 Å². The molecule has 298 valence electrons. The van der Waals surface area contributed by atoms with Gasteiger partial charge >= 0.3 is 0 Å². The van der Waals surface area contributed by atoms with Crippen molar-refractivity contribution in [2.24, 2.45) is 0 Å². The molecule has 0 unspecified atom stereocenters. The van der Waals surface area contributed by atoms with Gasteiger partial charge in [-0.2, -0.15) is 15.0 Å². The highest BCUT2D eigenvalue weighted by atomic mass is 15.3. The zero-order chi connectivity index (χ0) is 41.9. The Labute approximate surface area is 366 Å². The quantitative estimate of drug-likeness (QED) is 0.174. The second kappa shape index (κ2) is 13.3. The van der Waals surface area contributed by atoms with Gasteiger partial charge in [-0.1, -0.05) is 152 Å². The number of aromatic nitrogens is 7. The van der Waals surface area contributed by atoms with Gasteiger partial charge < -0.3 is 9.13 Å². The number of hydrogen-bond acceptors (Lipinski definition) is 3. The smallest absolute Gasteiger partial charge is 0.240 e. The number of para-hydroxylation sites is 6. The van der Waals surface area contributed by atoms with Crippen LogP contribution in [0, 0.1) is 0 Å². The van der Waals surface area contributed by atoms with Gasteiger partial charge in [-0.25, -0.2) is 0 Å². The van der Waals surface area contributed by atoms with Gasteiger partial charge in [0.1, 0.15) is 0 Å². The molecular weight excluding hydrogens is 783 g/mol. The largest absolute Gasteiger partial charge is 0.309 e. The zero-order valence-corrected chi connectivity index (χ0v) is 34.3. The first-order chi connectivity index (χ1) is 31.8. The van der Waals surface area contributed by atoms with E-state index in [1.165, 1.54) is 10.8 Å². The summed E-state index contributed by atoms with van der Waals surface area (Å²) in [6.45, 7) is 0. The molecule has 0 radical (unpaired) electrons. The van der Waals surface area contributed by atoms with Crippen LogP contribution in [0.25, 0.3) is 122 Å². The molecule has 7 nitrogen and oxygen atoms in total. The zero-order valence-electron chi connectivity index (χ0n) is 34.3. The van der Waals surface area contributed by atoms with E-state index in [9.17, 15) is 0 Å².